The van der Waals surface area contributed by atoms with Crippen molar-refractivity contribution in [1.82, 2.24) is 0 Å². The highest BCUT2D eigenvalue weighted by Gasteiger charge is 2.33. The van der Waals surface area contributed by atoms with Gasteiger partial charge in [0.15, 0.2) is 0 Å². The van der Waals surface area contributed by atoms with Gasteiger partial charge in [-0.05, 0) is 74.9 Å². The number of rotatable bonds is 0. The third-order valence-electron chi connectivity index (χ3n) is 3.27. The highest BCUT2D eigenvalue weighted by Crippen LogP contribution is 2.54. The van der Waals surface area contributed by atoms with Gasteiger partial charge in [-0.15, -0.1) is 0 Å². The number of fused-ring (bicyclic) bond motifs is 1. The van der Waals surface area contributed by atoms with Crippen LogP contribution in [0.3, 0.4) is 0 Å². The van der Waals surface area contributed by atoms with Crippen molar-refractivity contribution in [2.75, 3.05) is 0 Å². The third kappa shape index (κ3) is 2.78. The SMILES string of the molecule is N#CC(C#N)=C1CC(=C(C#N)C#N)c2c(Br)c(Br)c(Br)c(Br)c21. The van der Waals surface area contributed by atoms with E-state index in [0.717, 1.165) is 0 Å². The molecule has 0 amide bonds. The first kappa shape index (κ1) is 17.9. The van der Waals surface area contributed by atoms with E-state index in [2.05, 4.69) is 63.7 Å². The predicted molar refractivity (Wildman–Crippen MR) is 98.2 cm³/mol. The maximum Gasteiger partial charge on any atom is 0.133 e. The molecule has 0 saturated carbocycles. The smallest absolute Gasteiger partial charge is 0.133 e. The Morgan fingerprint density at radius 3 is 1.17 bits per heavy atom. The lowest BCUT2D eigenvalue weighted by molar-refractivity contribution is 1.40. The average molecular weight is 558 g/mol. The summed E-state index contributed by atoms with van der Waals surface area (Å²) in [4.78, 5) is 0. The monoisotopic (exact) mass is 554 g/mol. The molecule has 0 spiro atoms. The molecule has 1 aliphatic carbocycles. The Morgan fingerprint density at radius 2 is 0.913 bits per heavy atom. The number of allylic oxidation sites excluding steroid dienone is 4. The Balaban J connectivity index is 3.11. The quantitative estimate of drug-likeness (QED) is 0.231. The maximum absolute atomic E-state index is 9.21. The number of hydrogen-bond acceptors (Lipinski definition) is 4. The number of hydrogen-bond donors (Lipinski definition) is 0. The molecule has 0 bridgehead atoms. The van der Waals surface area contributed by atoms with Crippen molar-refractivity contribution in [3.8, 4) is 24.3 Å². The Hall–Kier alpha value is -1.42. The zero-order valence-corrected chi connectivity index (χ0v) is 17.4. The fraction of sp³-hybridized carbons (Fsp3) is 0.0667. The van der Waals surface area contributed by atoms with E-state index in [4.69, 9.17) is 0 Å². The zero-order chi connectivity index (χ0) is 17.3. The Morgan fingerprint density at radius 1 is 0.609 bits per heavy atom. The normalized spacial score (nSPS) is 11.8. The van der Waals surface area contributed by atoms with Gasteiger partial charge in [0, 0.05) is 35.4 Å². The zero-order valence-electron chi connectivity index (χ0n) is 11.0. The summed E-state index contributed by atoms with van der Waals surface area (Å²) in [6.45, 7) is 0. The standard InChI is InChI=1S/C15H2Br4N4/c16-12-10-8(6(2-20)3-21)1-9(7(4-22)5-23)11(10)13(17)15(19)14(12)18/h1H2. The van der Waals surface area contributed by atoms with Crippen LogP contribution in [-0.4, -0.2) is 0 Å². The summed E-state index contributed by atoms with van der Waals surface area (Å²) in [6, 6.07) is 7.51. The fourth-order valence-corrected chi connectivity index (χ4v) is 4.90. The summed E-state index contributed by atoms with van der Waals surface area (Å²) in [6.07, 6.45) is 0.169. The highest BCUT2D eigenvalue weighted by atomic mass is 79.9. The molecule has 0 aliphatic heterocycles. The Kier molecular flexibility index (Phi) is 5.45. The van der Waals surface area contributed by atoms with Crippen LogP contribution < -0.4 is 0 Å². The van der Waals surface area contributed by atoms with Crippen molar-refractivity contribution in [1.29, 1.82) is 21.0 Å². The average Bonchev–Trinajstić information content (AvgIpc) is 2.94. The molecule has 0 atom stereocenters. The van der Waals surface area contributed by atoms with Crippen LogP contribution in [0.15, 0.2) is 29.0 Å². The van der Waals surface area contributed by atoms with Crippen molar-refractivity contribution < 1.29 is 0 Å². The summed E-state index contributed by atoms with van der Waals surface area (Å²) in [5.74, 6) is 0. The predicted octanol–water partition coefficient (Wildman–Crippen LogP) is 5.74. The second-order valence-electron chi connectivity index (χ2n) is 4.34. The van der Waals surface area contributed by atoms with Crippen LogP contribution in [0.25, 0.3) is 11.1 Å². The maximum atomic E-state index is 9.21. The van der Waals surface area contributed by atoms with E-state index < -0.39 is 0 Å². The van der Waals surface area contributed by atoms with E-state index in [1.807, 2.05) is 24.3 Å². The lowest BCUT2D eigenvalue weighted by Crippen LogP contribution is -1.92. The molecule has 0 fully saturated rings. The molecule has 0 radical (unpaired) electrons. The molecule has 2 rings (SSSR count). The number of nitrogens with zero attached hydrogens (tertiary/aromatic N) is 4. The van der Waals surface area contributed by atoms with Crippen molar-refractivity contribution in [3.63, 3.8) is 0 Å². The topological polar surface area (TPSA) is 95.2 Å². The first-order valence-corrected chi connectivity index (χ1v) is 9.03. The molecular formula is C15H2Br4N4. The number of benzene rings is 1. The Bertz CT molecular complexity index is 864. The highest BCUT2D eigenvalue weighted by molar-refractivity contribution is 9.15. The second kappa shape index (κ2) is 7.00. The lowest BCUT2D eigenvalue weighted by atomic mass is 10.0. The first-order valence-electron chi connectivity index (χ1n) is 5.86. The molecule has 0 N–H and O–H groups in total. The molecule has 4 nitrogen and oxygen atoms in total. The van der Waals surface area contributed by atoms with E-state index in [1.165, 1.54) is 0 Å². The van der Waals surface area contributed by atoms with Gasteiger partial charge in [0.25, 0.3) is 0 Å². The van der Waals surface area contributed by atoms with Gasteiger partial charge >= 0.3 is 0 Å². The van der Waals surface area contributed by atoms with Crippen molar-refractivity contribution >= 4 is 74.9 Å². The van der Waals surface area contributed by atoms with Crippen LogP contribution in [-0.2, 0) is 0 Å². The fourth-order valence-electron chi connectivity index (χ4n) is 2.30. The van der Waals surface area contributed by atoms with Crippen LogP contribution in [0.2, 0.25) is 0 Å². The molecule has 0 saturated heterocycles. The minimum atomic E-state index is -0.0432. The minimum absolute atomic E-state index is 0.0432. The van der Waals surface area contributed by atoms with Gasteiger partial charge in [-0.25, -0.2) is 0 Å². The van der Waals surface area contributed by atoms with Crippen molar-refractivity contribution in [3.05, 3.63) is 40.2 Å². The van der Waals surface area contributed by atoms with Crippen molar-refractivity contribution in [2.24, 2.45) is 0 Å². The van der Waals surface area contributed by atoms with Gasteiger partial charge in [-0.1, -0.05) is 0 Å². The van der Waals surface area contributed by atoms with E-state index in [0.29, 0.717) is 40.2 Å². The minimum Gasteiger partial charge on any atom is -0.192 e. The largest absolute Gasteiger partial charge is 0.192 e. The molecule has 0 aromatic heterocycles. The van der Waals surface area contributed by atoms with Crippen LogP contribution >= 0.6 is 63.7 Å². The van der Waals surface area contributed by atoms with E-state index in [9.17, 15) is 21.0 Å². The van der Waals surface area contributed by atoms with Gasteiger partial charge in [0.2, 0.25) is 0 Å². The Labute approximate surface area is 165 Å². The molecular weight excluding hydrogens is 556 g/mol. The molecule has 0 unspecified atom stereocenters. The molecule has 1 aromatic carbocycles. The van der Waals surface area contributed by atoms with Crippen LogP contribution in [0.1, 0.15) is 17.5 Å². The molecule has 110 valence electrons. The molecule has 8 heteroatoms. The van der Waals surface area contributed by atoms with E-state index in [-0.39, 0.29) is 17.6 Å². The van der Waals surface area contributed by atoms with Gasteiger partial charge in [-0.3, -0.25) is 0 Å². The van der Waals surface area contributed by atoms with Gasteiger partial charge in [0.05, 0.1) is 0 Å². The molecule has 23 heavy (non-hydrogen) atoms. The first-order chi connectivity index (χ1) is 10.9. The van der Waals surface area contributed by atoms with Gasteiger partial charge in [-0.2, -0.15) is 21.0 Å². The van der Waals surface area contributed by atoms with Crippen LogP contribution in [0.4, 0.5) is 0 Å². The molecule has 1 aromatic rings. The summed E-state index contributed by atoms with van der Waals surface area (Å²) in [5.41, 5.74) is 2.15. The van der Waals surface area contributed by atoms with Crippen molar-refractivity contribution in [2.45, 2.75) is 6.42 Å². The van der Waals surface area contributed by atoms with E-state index >= 15 is 0 Å². The number of nitriles is 4. The van der Waals surface area contributed by atoms with Gasteiger partial charge in [0.1, 0.15) is 35.4 Å². The van der Waals surface area contributed by atoms with Gasteiger partial charge < -0.3 is 0 Å². The summed E-state index contributed by atoms with van der Waals surface area (Å²) in [7, 11) is 0. The molecule has 0 heterocycles. The summed E-state index contributed by atoms with van der Waals surface area (Å²) in [5, 5.41) is 36.8. The lowest BCUT2D eigenvalue weighted by Gasteiger charge is -2.12. The number of halogens is 4. The summed E-state index contributed by atoms with van der Waals surface area (Å²) >= 11 is 13.8. The summed E-state index contributed by atoms with van der Waals surface area (Å²) < 4.78 is 2.69. The second-order valence-corrected chi connectivity index (χ2v) is 7.51. The molecule has 1 aliphatic rings. The van der Waals surface area contributed by atoms with Crippen LogP contribution in [0, 0.1) is 45.3 Å². The third-order valence-corrected chi connectivity index (χ3v) is 8.04. The van der Waals surface area contributed by atoms with E-state index in [1.54, 1.807) is 0 Å². The van der Waals surface area contributed by atoms with Crippen LogP contribution in [0.5, 0.6) is 0 Å².